The first-order valence-electron chi connectivity index (χ1n) is 19.5. The number of rotatable bonds is 6. The number of allylic oxidation sites excluding steroid dienone is 4. The van der Waals surface area contributed by atoms with Crippen molar-refractivity contribution in [2.24, 2.45) is 0 Å². The molecule has 0 bridgehead atoms. The van der Waals surface area contributed by atoms with Gasteiger partial charge in [0, 0.05) is 38.8 Å². The van der Waals surface area contributed by atoms with Crippen LogP contribution in [0.3, 0.4) is 0 Å². The second kappa shape index (κ2) is 13.3. The largest absolute Gasteiger partial charge is 0.309 e. The Balaban J connectivity index is 1.10. The van der Waals surface area contributed by atoms with Gasteiger partial charge in [-0.3, -0.25) is 0 Å². The summed E-state index contributed by atoms with van der Waals surface area (Å²) in [7, 11) is 0. The van der Waals surface area contributed by atoms with E-state index < -0.39 is 0 Å². The van der Waals surface area contributed by atoms with Gasteiger partial charge < -0.3 is 9.13 Å². The van der Waals surface area contributed by atoms with E-state index in [4.69, 9.17) is 0 Å². The standard InChI is InChI=1S/C54H38N2/c1-3-15-37(16-4-1)39-19-11-21-41(33-39)43-23-13-25-45(35-43)55-51-30-10-8-28-49(51)53-52(55)32-31-48-47-27-7-9-29-50(47)56(54(48)53)46-26-14-24-44(36-46)42-22-12-20-40(34-42)38-17-5-2-6-18-38/h1-21,23-36,42H,22H2. The van der Waals surface area contributed by atoms with Gasteiger partial charge in [0.05, 0.1) is 22.1 Å². The minimum Gasteiger partial charge on any atom is -0.309 e. The lowest BCUT2D eigenvalue weighted by Gasteiger charge is -2.19. The van der Waals surface area contributed by atoms with Gasteiger partial charge >= 0.3 is 0 Å². The number of aromatic nitrogens is 2. The van der Waals surface area contributed by atoms with Crippen molar-refractivity contribution in [1.29, 1.82) is 0 Å². The molecule has 11 rings (SSSR count). The first-order chi connectivity index (χ1) is 27.8. The second-order valence-electron chi connectivity index (χ2n) is 14.9. The van der Waals surface area contributed by atoms with Gasteiger partial charge in [-0.1, -0.05) is 164 Å². The van der Waals surface area contributed by atoms with Gasteiger partial charge in [0.1, 0.15) is 0 Å². The van der Waals surface area contributed by atoms with Crippen LogP contribution in [0.1, 0.15) is 23.5 Å². The molecule has 8 aromatic carbocycles. The van der Waals surface area contributed by atoms with Crippen LogP contribution in [-0.4, -0.2) is 9.13 Å². The third kappa shape index (κ3) is 5.33. The summed E-state index contributed by atoms with van der Waals surface area (Å²) in [5.41, 5.74) is 15.9. The van der Waals surface area contributed by atoms with Crippen molar-refractivity contribution in [3.05, 3.63) is 223 Å². The highest BCUT2D eigenvalue weighted by Gasteiger charge is 2.22. The van der Waals surface area contributed by atoms with Crippen LogP contribution < -0.4 is 0 Å². The predicted octanol–water partition coefficient (Wildman–Crippen LogP) is 14.3. The van der Waals surface area contributed by atoms with E-state index in [1.165, 1.54) is 88.3 Å². The molecule has 0 amide bonds. The summed E-state index contributed by atoms with van der Waals surface area (Å²) >= 11 is 0. The fraction of sp³-hybridized carbons (Fsp3) is 0.0370. The van der Waals surface area contributed by atoms with Crippen LogP contribution in [0.15, 0.2) is 212 Å². The number of hydrogen-bond donors (Lipinski definition) is 0. The number of nitrogens with zero attached hydrogens (tertiary/aromatic N) is 2. The maximum absolute atomic E-state index is 2.51. The molecule has 0 N–H and O–H groups in total. The highest BCUT2D eigenvalue weighted by molar-refractivity contribution is 6.26. The molecule has 0 radical (unpaired) electrons. The quantitative estimate of drug-likeness (QED) is 0.162. The van der Waals surface area contributed by atoms with E-state index in [9.17, 15) is 0 Å². The molecule has 10 aromatic rings. The van der Waals surface area contributed by atoms with E-state index in [2.05, 4.69) is 221 Å². The molecule has 0 saturated heterocycles. The predicted molar refractivity (Wildman–Crippen MR) is 237 cm³/mol. The molecule has 56 heavy (non-hydrogen) atoms. The minimum atomic E-state index is 0.297. The van der Waals surface area contributed by atoms with Crippen molar-refractivity contribution < 1.29 is 0 Å². The molecule has 1 aliphatic carbocycles. The summed E-state index contributed by atoms with van der Waals surface area (Å²) < 4.78 is 4.97. The van der Waals surface area contributed by atoms with E-state index in [-0.39, 0.29) is 0 Å². The van der Waals surface area contributed by atoms with Gasteiger partial charge in [0.25, 0.3) is 0 Å². The lowest BCUT2D eigenvalue weighted by molar-refractivity contribution is 0.855. The zero-order chi connectivity index (χ0) is 37.0. The third-order valence-corrected chi connectivity index (χ3v) is 11.6. The summed E-state index contributed by atoms with van der Waals surface area (Å²) in [4.78, 5) is 0. The molecule has 2 aromatic heterocycles. The first-order valence-corrected chi connectivity index (χ1v) is 19.5. The Labute approximate surface area is 326 Å². The van der Waals surface area contributed by atoms with Crippen LogP contribution in [0, 0.1) is 0 Å². The van der Waals surface area contributed by atoms with Crippen LogP contribution in [-0.2, 0) is 0 Å². The average Bonchev–Trinajstić information content (AvgIpc) is 3.80. The van der Waals surface area contributed by atoms with Crippen molar-refractivity contribution in [3.63, 3.8) is 0 Å². The van der Waals surface area contributed by atoms with E-state index >= 15 is 0 Å². The summed E-state index contributed by atoms with van der Waals surface area (Å²) in [6, 6.07) is 70.9. The van der Waals surface area contributed by atoms with E-state index in [1.54, 1.807) is 0 Å². The molecular formula is C54H38N2. The fourth-order valence-corrected chi connectivity index (χ4v) is 9.02. The van der Waals surface area contributed by atoms with Crippen LogP contribution >= 0.6 is 0 Å². The van der Waals surface area contributed by atoms with Crippen LogP contribution in [0.4, 0.5) is 0 Å². The lowest BCUT2D eigenvalue weighted by Crippen LogP contribution is -2.02. The first kappa shape index (κ1) is 32.3. The van der Waals surface area contributed by atoms with Crippen LogP contribution in [0.2, 0.25) is 0 Å². The summed E-state index contributed by atoms with van der Waals surface area (Å²) in [6.07, 6.45) is 8.03. The lowest BCUT2D eigenvalue weighted by atomic mass is 9.87. The number of hydrogen-bond acceptors (Lipinski definition) is 0. The summed E-state index contributed by atoms with van der Waals surface area (Å²) in [5, 5.41) is 5.04. The van der Waals surface area contributed by atoms with Crippen LogP contribution in [0.25, 0.3) is 82.8 Å². The molecule has 2 nitrogen and oxygen atoms in total. The van der Waals surface area contributed by atoms with E-state index in [0.717, 1.165) is 12.1 Å². The molecule has 2 heteroatoms. The normalized spacial score (nSPS) is 14.2. The van der Waals surface area contributed by atoms with E-state index in [0.29, 0.717) is 5.92 Å². The smallest absolute Gasteiger partial charge is 0.0641 e. The zero-order valence-corrected chi connectivity index (χ0v) is 30.9. The van der Waals surface area contributed by atoms with Gasteiger partial charge in [-0.25, -0.2) is 0 Å². The highest BCUT2D eigenvalue weighted by Crippen LogP contribution is 2.43. The number of fused-ring (bicyclic) bond motifs is 7. The average molecular weight is 715 g/mol. The summed E-state index contributed by atoms with van der Waals surface area (Å²) in [6.45, 7) is 0. The molecule has 0 spiro atoms. The van der Waals surface area contributed by atoms with Gasteiger partial charge in [-0.15, -0.1) is 0 Å². The molecule has 264 valence electrons. The summed E-state index contributed by atoms with van der Waals surface area (Å²) in [5.74, 6) is 0.297. The molecular weight excluding hydrogens is 677 g/mol. The molecule has 1 aliphatic rings. The highest BCUT2D eigenvalue weighted by atomic mass is 15.0. The minimum absolute atomic E-state index is 0.297. The van der Waals surface area contributed by atoms with Crippen molar-refractivity contribution in [2.75, 3.05) is 0 Å². The van der Waals surface area contributed by atoms with Crippen molar-refractivity contribution >= 4 is 49.2 Å². The molecule has 2 heterocycles. The molecule has 1 unspecified atom stereocenters. The Morgan fingerprint density at radius 3 is 1.77 bits per heavy atom. The monoisotopic (exact) mass is 714 g/mol. The molecule has 0 fully saturated rings. The Hall–Kier alpha value is -7.16. The SMILES string of the molecule is C1=CC(c2ccccc2)=CC(c2cccc(-n3c4ccccc4c4ccc5c(c6ccccc6n5-c5cccc(-c6cccc(-c7ccccc7)c6)c5)c43)c2)C1. The number of para-hydroxylation sites is 2. The number of benzene rings is 8. The molecule has 0 aliphatic heterocycles. The van der Waals surface area contributed by atoms with Gasteiger partial charge in [0.2, 0.25) is 0 Å². The maximum atomic E-state index is 2.51. The Morgan fingerprint density at radius 1 is 0.393 bits per heavy atom. The molecule has 1 atom stereocenters. The van der Waals surface area contributed by atoms with Gasteiger partial charge in [-0.2, -0.15) is 0 Å². The Bertz CT molecular complexity index is 3160. The van der Waals surface area contributed by atoms with Gasteiger partial charge in [0.15, 0.2) is 0 Å². The van der Waals surface area contributed by atoms with Gasteiger partial charge in [-0.05, 0) is 93.9 Å². The molecule has 0 saturated carbocycles. The van der Waals surface area contributed by atoms with Crippen molar-refractivity contribution in [2.45, 2.75) is 12.3 Å². The fourth-order valence-electron chi connectivity index (χ4n) is 9.02. The third-order valence-electron chi connectivity index (χ3n) is 11.6. The van der Waals surface area contributed by atoms with Crippen molar-refractivity contribution in [3.8, 4) is 33.6 Å². The maximum Gasteiger partial charge on any atom is 0.0641 e. The second-order valence-corrected chi connectivity index (χ2v) is 14.9. The topological polar surface area (TPSA) is 9.86 Å². The Kier molecular flexibility index (Phi) is 7.67. The zero-order valence-electron chi connectivity index (χ0n) is 30.9. The van der Waals surface area contributed by atoms with E-state index in [1.807, 2.05) is 0 Å². The Morgan fingerprint density at radius 2 is 0.982 bits per heavy atom. The van der Waals surface area contributed by atoms with Crippen LogP contribution in [0.5, 0.6) is 0 Å². The van der Waals surface area contributed by atoms with Crippen molar-refractivity contribution in [1.82, 2.24) is 9.13 Å².